The smallest absolute Gasteiger partial charge is 0.340 e. The van der Waals surface area contributed by atoms with E-state index < -0.39 is 17.7 Å². The Labute approximate surface area is 207 Å². The third-order valence-electron chi connectivity index (χ3n) is 5.06. The van der Waals surface area contributed by atoms with Gasteiger partial charge in [0.05, 0.1) is 24.0 Å². The Bertz CT molecular complexity index is 998. The van der Waals surface area contributed by atoms with Crippen LogP contribution in [-0.2, 0) is 26.0 Å². The molecule has 0 saturated heterocycles. The number of pyridine rings is 1. The fourth-order valence-corrected chi connectivity index (χ4v) is 5.29. The summed E-state index contributed by atoms with van der Waals surface area (Å²) in [5, 5.41) is 0.580. The number of carbonyl (C=O) groups excluding carboxylic acids is 1. The van der Waals surface area contributed by atoms with E-state index in [1.165, 1.54) is 5.56 Å². The molecule has 2 heterocycles. The van der Waals surface area contributed by atoms with Crippen LogP contribution in [0.3, 0.4) is 0 Å². The van der Waals surface area contributed by atoms with Gasteiger partial charge in [0.2, 0.25) is 0 Å². The van der Waals surface area contributed by atoms with E-state index in [1.54, 1.807) is 0 Å². The molecule has 7 heteroatoms. The highest BCUT2D eigenvalue weighted by Crippen LogP contribution is 2.43. The fraction of sp³-hybridized carbons (Fsp3) is 0.520. The van der Waals surface area contributed by atoms with Crippen LogP contribution in [0.25, 0.3) is 11.1 Å². The van der Waals surface area contributed by atoms with Crippen LogP contribution in [0.5, 0.6) is 5.75 Å². The van der Waals surface area contributed by atoms with Crippen LogP contribution in [0.4, 0.5) is 0 Å². The first kappa shape index (κ1) is 25.2. The summed E-state index contributed by atoms with van der Waals surface area (Å²) in [5.74, 6) is 0.506. The Morgan fingerprint density at radius 2 is 2.00 bits per heavy atom. The van der Waals surface area contributed by atoms with Gasteiger partial charge >= 0.3 is 5.97 Å². The number of aryl methyl sites for hydroxylation is 2. The molecule has 32 heavy (non-hydrogen) atoms. The fourth-order valence-electron chi connectivity index (χ4n) is 3.84. The van der Waals surface area contributed by atoms with Crippen LogP contribution < -0.4 is 4.74 Å². The summed E-state index contributed by atoms with van der Waals surface area (Å²) in [6.45, 7) is 12.1. The highest BCUT2D eigenvalue weighted by atomic mass is 79.9. The molecular formula is C25H31Br2NO4. The number of hydrogen-bond acceptors (Lipinski definition) is 5. The Morgan fingerprint density at radius 1 is 1.28 bits per heavy atom. The van der Waals surface area contributed by atoms with E-state index in [-0.39, 0.29) is 6.10 Å². The number of ether oxygens (including phenoxy) is 3. The van der Waals surface area contributed by atoms with Gasteiger partial charge in [-0.2, -0.15) is 0 Å². The van der Waals surface area contributed by atoms with Crippen LogP contribution >= 0.6 is 31.9 Å². The number of esters is 1. The zero-order valence-corrected chi connectivity index (χ0v) is 22.7. The highest BCUT2D eigenvalue weighted by molar-refractivity contribution is 9.11. The zero-order valence-electron chi connectivity index (χ0n) is 19.6. The summed E-state index contributed by atoms with van der Waals surface area (Å²) in [5.41, 5.74) is 4.81. The summed E-state index contributed by atoms with van der Waals surface area (Å²) >= 11 is 7.32. The maximum absolute atomic E-state index is 13.2. The standard InChI is InChI=1S/C25H31Br2NO4/c1-14(2)31-24(29)23(32-25(4,5)6)20-15(3)28-18(13-26)22(27)21(20)17-9-10-19-16(12-17)8-7-11-30-19/h9-10,12,14,23H,7-8,11,13H2,1-6H3. The molecule has 2 aromatic rings. The van der Waals surface area contributed by atoms with E-state index in [1.807, 2.05) is 53.7 Å². The van der Waals surface area contributed by atoms with Crippen molar-refractivity contribution in [3.05, 3.63) is 45.2 Å². The molecule has 0 radical (unpaired) electrons. The molecule has 1 atom stereocenters. The van der Waals surface area contributed by atoms with E-state index in [2.05, 4.69) is 37.9 Å². The molecule has 1 aliphatic rings. The minimum Gasteiger partial charge on any atom is -0.493 e. The van der Waals surface area contributed by atoms with E-state index >= 15 is 0 Å². The predicted octanol–water partition coefficient (Wildman–Crippen LogP) is 6.85. The van der Waals surface area contributed by atoms with E-state index in [4.69, 9.17) is 19.2 Å². The quantitative estimate of drug-likeness (QED) is 0.282. The van der Waals surface area contributed by atoms with Crippen molar-refractivity contribution in [3.63, 3.8) is 0 Å². The third kappa shape index (κ3) is 5.72. The summed E-state index contributed by atoms with van der Waals surface area (Å²) in [7, 11) is 0. The lowest BCUT2D eigenvalue weighted by atomic mass is 9.91. The average Bonchev–Trinajstić information content (AvgIpc) is 2.71. The van der Waals surface area contributed by atoms with Crippen molar-refractivity contribution in [2.45, 2.75) is 77.5 Å². The Balaban J connectivity index is 2.26. The molecule has 0 aliphatic carbocycles. The Kier molecular flexibility index (Phi) is 8.05. The van der Waals surface area contributed by atoms with Gasteiger partial charge in [0.1, 0.15) is 5.75 Å². The van der Waals surface area contributed by atoms with Crippen molar-refractivity contribution in [1.82, 2.24) is 4.98 Å². The summed E-state index contributed by atoms with van der Waals surface area (Å²) in [6.07, 6.45) is 0.787. The topological polar surface area (TPSA) is 57.7 Å². The molecule has 0 spiro atoms. The second kappa shape index (κ2) is 10.2. The number of halogens is 2. The van der Waals surface area contributed by atoms with Crippen LogP contribution in [0.1, 0.15) is 69.7 Å². The second-order valence-electron chi connectivity index (χ2n) is 9.25. The lowest BCUT2D eigenvalue weighted by molar-refractivity contribution is -0.171. The number of alkyl halides is 1. The molecule has 0 amide bonds. The van der Waals surface area contributed by atoms with E-state index in [0.717, 1.165) is 57.7 Å². The van der Waals surface area contributed by atoms with E-state index in [9.17, 15) is 4.79 Å². The minimum absolute atomic E-state index is 0.253. The summed E-state index contributed by atoms with van der Waals surface area (Å²) < 4.78 is 18.6. The molecule has 1 aromatic heterocycles. The Hall–Kier alpha value is -1.44. The Morgan fingerprint density at radius 3 is 2.62 bits per heavy atom. The summed E-state index contributed by atoms with van der Waals surface area (Å²) in [6, 6.07) is 6.19. The van der Waals surface area contributed by atoms with Crippen LogP contribution in [0.15, 0.2) is 22.7 Å². The number of carbonyl (C=O) groups is 1. The van der Waals surface area contributed by atoms with Gasteiger partial charge in [0.25, 0.3) is 0 Å². The molecule has 0 fully saturated rings. The SMILES string of the molecule is Cc1nc(CBr)c(Br)c(-c2ccc3c(c2)CCCO3)c1C(OC(C)(C)C)C(=O)OC(C)C. The van der Waals surface area contributed by atoms with Crippen LogP contribution in [0, 0.1) is 6.92 Å². The van der Waals surface area contributed by atoms with Crippen LogP contribution in [-0.4, -0.2) is 29.3 Å². The van der Waals surface area contributed by atoms with Gasteiger partial charge in [-0.1, -0.05) is 22.0 Å². The largest absolute Gasteiger partial charge is 0.493 e. The van der Waals surface area contributed by atoms with Gasteiger partial charge < -0.3 is 14.2 Å². The van der Waals surface area contributed by atoms with E-state index in [0.29, 0.717) is 5.33 Å². The maximum atomic E-state index is 13.2. The normalized spacial score (nSPS) is 14.7. The van der Waals surface area contributed by atoms with Crippen molar-refractivity contribution < 1.29 is 19.0 Å². The zero-order chi connectivity index (χ0) is 23.6. The van der Waals surface area contributed by atoms with Gasteiger partial charge in [0.15, 0.2) is 6.10 Å². The highest BCUT2D eigenvalue weighted by Gasteiger charge is 2.34. The molecule has 3 rings (SSSR count). The first-order chi connectivity index (χ1) is 15.0. The third-order valence-corrected chi connectivity index (χ3v) is 6.44. The van der Waals surface area contributed by atoms with Gasteiger partial charge in [-0.25, -0.2) is 4.79 Å². The first-order valence-electron chi connectivity index (χ1n) is 10.9. The number of fused-ring (bicyclic) bond motifs is 1. The van der Waals surface area contributed by atoms with Gasteiger partial charge in [-0.05, 0) is 93.6 Å². The lowest BCUT2D eigenvalue weighted by Gasteiger charge is -2.30. The molecule has 1 aromatic carbocycles. The average molecular weight is 569 g/mol. The lowest BCUT2D eigenvalue weighted by Crippen LogP contribution is -2.31. The molecule has 0 bridgehead atoms. The molecule has 5 nitrogen and oxygen atoms in total. The number of hydrogen-bond donors (Lipinski definition) is 0. The number of aromatic nitrogens is 1. The monoisotopic (exact) mass is 567 g/mol. The van der Waals surface area contributed by atoms with Crippen molar-refractivity contribution in [2.24, 2.45) is 0 Å². The minimum atomic E-state index is -0.909. The molecular weight excluding hydrogens is 538 g/mol. The molecule has 0 N–H and O–H groups in total. The number of rotatable bonds is 6. The van der Waals surface area contributed by atoms with Crippen molar-refractivity contribution in [2.75, 3.05) is 6.61 Å². The van der Waals surface area contributed by atoms with Crippen molar-refractivity contribution in [3.8, 4) is 16.9 Å². The summed E-state index contributed by atoms with van der Waals surface area (Å²) in [4.78, 5) is 18.0. The number of nitrogens with zero attached hydrogens (tertiary/aromatic N) is 1. The molecule has 174 valence electrons. The predicted molar refractivity (Wildman–Crippen MR) is 133 cm³/mol. The van der Waals surface area contributed by atoms with Crippen molar-refractivity contribution in [1.29, 1.82) is 0 Å². The van der Waals surface area contributed by atoms with Crippen LogP contribution in [0.2, 0.25) is 0 Å². The van der Waals surface area contributed by atoms with Gasteiger partial charge in [-0.3, -0.25) is 4.98 Å². The second-order valence-corrected chi connectivity index (χ2v) is 10.6. The van der Waals surface area contributed by atoms with Gasteiger partial charge in [0, 0.05) is 26.6 Å². The molecule has 1 unspecified atom stereocenters. The number of benzene rings is 1. The maximum Gasteiger partial charge on any atom is 0.340 e. The van der Waals surface area contributed by atoms with Gasteiger partial charge in [-0.15, -0.1) is 0 Å². The van der Waals surface area contributed by atoms with Crippen molar-refractivity contribution >= 4 is 37.8 Å². The molecule has 1 aliphatic heterocycles. The molecule has 0 saturated carbocycles. The first-order valence-corrected chi connectivity index (χ1v) is 12.8.